The van der Waals surface area contributed by atoms with Crippen molar-refractivity contribution in [1.82, 2.24) is 15.2 Å². The molecule has 0 spiro atoms. The van der Waals surface area contributed by atoms with E-state index in [1.807, 2.05) is 19.1 Å². The SMILES string of the molecule is CC(=N)N1C(=N)[C@H](Cc2nnc(C)o2)N=C(c2ccc(Cl)cc2)c2c1sc(C#Cc1ccc(F)cn1)c2C. The Hall–Kier alpha value is -4.20. The number of hydrogen-bond donors (Lipinski definition) is 2. The largest absolute Gasteiger partial charge is 0.426 e. The predicted octanol–water partition coefficient (Wildman–Crippen LogP) is 5.58. The number of nitrogens with one attached hydrogen (secondary N) is 2. The van der Waals surface area contributed by atoms with Gasteiger partial charge in [-0.1, -0.05) is 23.7 Å². The molecule has 0 unspecified atom stereocenters. The van der Waals surface area contributed by atoms with Crippen LogP contribution in [0.2, 0.25) is 5.02 Å². The van der Waals surface area contributed by atoms with Crippen LogP contribution in [0.25, 0.3) is 0 Å². The third kappa shape index (κ3) is 4.98. The molecule has 1 aliphatic rings. The minimum atomic E-state index is -0.683. The molecular weight excluding hydrogens is 525 g/mol. The molecule has 38 heavy (non-hydrogen) atoms. The first kappa shape index (κ1) is 25.4. The van der Waals surface area contributed by atoms with Crippen LogP contribution >= 0.6 is 22.9 Å². The number of aryl methyl sites for hydroxylation is 1. The Balaban J connectivity index is 1.69. The van der Waals surface area contributed by atoms with Gasteiger partial charge in [0.25, 0.3) is 0 Å². The number of amidine groups is 2. The van der Waals surface area contributed by atoms with E-state index >= 15 is 0 Å². The maximum Gasteiger partial charge on any atom is 0.219 e. The molecule has 0 amide bonds. The lowest BCUT2D eigenvalue weighted by molar-refractivity contribution is 0.462. The molecule has 4 heterocycles. The van der Waals surface area contributed by atoms with Crippen molar-refractivity contribution in [2.45, 2.75) is 33.2 Å². The van der Waals surface area contributed by atoms with E-state index in [1.54, 1.807) is 30.9 Å². The molecule has 3 aromatic heterocycles. The zero-order valence-electron chi connectivity index (χ0n) is 20.6. The number of aromatic nitrogens is 3. The van der Waals surface area contributed by atoms with Gasteiger partial charge in [-0.05, 0) is 55.5 Å². The average Bonchev–Trinajstić information content (AvgIpc) is 3.40. The van der Waals surface area contributed by atoms with Gasteiger partial charge in [0.2, 0.25) is 11.8 Å². The Morgan fingerprint density at radius 2 is 1.92 bits per heavy atom. The predicted molar refractivity (Wildman–Crippen MR) is 146 cm³/mol. The molecule has 4 aromatic rings. The maximum atomic E-state index is 13.3. The van der Waals surface area contributed by atoms with Crippen molar-refractivity contribution in [3.8, 4) is 11.8 Å². The van der Waals surface area contributed by atoms with Crippen molar-refractivity contribution in [3.63, 3.8) is 0 Å². The highest BCUT2D eigenvalue weighted by Gasteiger charge is 2.35. The summed E-state index contributed by atoms with van der Waals surface area (Å²) in [6.45, 7) is 5.27. The molecule has 8 nitrogen and oxygen atoms in total. The second-order valence-corrected chi connectivity index (χ2v) is 10.0. The summed E-state index contributed by atoms with van der Waals surface area (Å²) in [4.78, 5) is 11.4. The number of pyridine rings is 1. The molecule has 11 heteroatoms. The van der Waals surface area contributed by atoms with Crippen molar-refractivity contribution in [1.29, 1.82) is 10.8 Å². The molecule has 5 rings (SSSR count). The number of nitrogens with zero attached hydrogens (tertiary/aromatic N) is 5. The summed E-state index contributed by atoms with van der Waals surface area (Å²) in [5.41, 5.74) is 3.51. The van der Waals surface area contributed by atoms with E-state index in [0.717, 1.165) is 27.8 Å². The number of hydrogen-bond acceptors (Lipinski definition) is 8. The second-order valence-electron chi connectivity index (χ2n) is 8.57. The van der Waals surface area contributed by atoms with Crippen molar-refractivity contribution in [3.05, 3.63) is 92.5 Å². The standard InChI is InChI=1S/C27H21ClFN7OS/c1-14-22(11-10-20-9-8-19(29)13-32-20)38-27-24(14)25(17-4-6-18(28)7-5-17)33-21(26(31)36(27)15(2)30)12-23-35-34-16(3)37-23/h4-9,13,21,30-31H,12H2,1-3H3/t21-/m0/s1. The molecule has 1 aromatic carbocycles. The smallest absolute Gasteiger partial charge is 0.219 e. The van der Waals surface area contributed by atoms with Crippen molar-refractivity contribution < 1.29 is 8.81 Å². The minimum Gasteiger partial charge on any atom is -0.426 e. The fraction of sp³-hybridized carbons (Fsp3) is 0.185. The van der Waals surface area contributed by atoms with Gasteiger partial charge in [-0.25, -0.2) is 9.37 Å². The van der Waals surface area contributed by atoms with Gasteiger partial charge >= 0.3 is 0 Å². The van der Waals surface area contributed by atoms with Crippen LogP contribution in [0.1, 0.15) is 46.0 Å². The first-order chi connectivity index (χ1) is 18.2. The topological polar surface area (TPSA) is 115 Å². The van der Waals surface area contributed by atoms with Gasteiger partial charge in [0, 0.05) is 23.1 Å². The summed E-state index contributed by atoms with van der Waals surface area (Å²) in [5, 5.41) is 26.9. The van der Waals surface area contributed by atoms with Gasteiger partial charge in [0.15, 0.2) is 0 Å². The summed E-state index contributed by atoms with van der Waals surface area (Å²) in [7, 11) is 0. The average molecular weight is 546 g/mol. The van der Waals surface area contributed by atoms with Gasteiger partial charge in [-0.15, -0.1) is 21.5 Å². The normalized spacial score (nSPS) is 14.9. The summed E-state index contributed by atoms with van der Waals surface area (Å²) >= 11 is 7.53. The highest BCUT2D eigenvalue weighted by molar-refractivity contribution is 7.17. The summed E-state index contributed by atoms with van der Waals surface area (Å²) < 4.78 is 18.9. The molecule has 0 aliphatic carbocycles. The number of thiophene rings is 1. The van der Waals surface area contributed by atoms with Crippen LogP contribution < -0.4 is 4.90 Å². The molecule has 0 bridgehead atoms. The minimum absolute atomic E-state index is 0.111. The van der Waals surface area contributed by atoms with E-state index in [-0.39, 0.29) is 18.1 Å². The second kappa shape index (κ2) is 10.3. The molecule has 0 saturated heterocycles. The van der Waals surface area contributed by atoms with Crippen molar-refractivity contribution in [2.24, 2.45) is 4.99 Å². The van der Waals surface area contributed by atoms with Gasteiger partial charge in [-0.2, -0.15) is 0 Å². The van der Waals surface area contributed by atoms with E-state index in [1.165, 1.54) is 23.5 Å². The van der Waals surface area contributed by atoms with Gasteiger partial charge < -0.3 is 4.42 Å². The van der Waals surface area contributed by atoms with E-state index in [4.69, 9.17) is 31.8 Å². The van der Waals surface area contributed by atoms with Crippen LogP contribution in [0.5, 0.6) is 0 Å². The lowest BCUT2D eigenvalue weighted by Gasteiger charge is -2.24. The Kier molecular flexibility index (Phi) is 6.89. The summed E-state index contributed by atoms with van der Waals surface area (Å²) in [6, 6.07) is 9.47. The Bertz CT molecular complexity index is 1650. The van der Waals surface area contributed by atoms with E-state index in [9.17, 15) is 4.39 Å². The molecule has 1 aliphatic heterocycles. The van der Waals surface area contributed by atoms with Crippen LogP contribution in [0, 0.1) is 42.3 Å². The highest BCUT2D eigenvalue weighted by atomic mass is 35.5. The molecule has 0 fully saturated rings. The monoisotopic (exact) mass is 545 g/mol. The lowest BCUT2D eigenvalue weighted by Crippen LogP contribution is -2.40. The number of fused-ring (bicyclic) bond motifs is 1. The first-order valence-electron chi connectivity index (χ1n) is 11.5. The summed E-state index contributed by atoms with van der Waals surface area (Å²) in [5.74, 6) is 6.76. The number of halogens is 2. The number of anilines is 1. The molecule has 1 atom stereocenters. The molecule has 190 valence electrons. The van der Waals surface area contributed by atoms with Gasteiger partial charge in [0.05, 0.1) is 23.2 Å². The van der Waals surface area contributed by atoms with Crippen LogP contribution in [0.4, 0.5) is 9.39 Å². The molecule has 0 saturated carbocycles. The Labute approximate surface area is 227 Å². The van der Waals surface area contributed by atoms with Crippen LogP contribution in [0.15, 0.2) is 52.0 Å². The van der Waals surface area contributed by atoms with Crippen LogP contribution in [-0.2, 0) is 6.42 Å². The van der Waals surface area contributed by atoms with E-state index in [0.29, 0.717) is 33.2 Å². The lowest BCUT2D eigenvalue weighted by atomic mass is 9.99. The Morgan fingerprint density at radius 1 is 1.16 bits per heavy atom. The van der Waals surface area contributed by atoms with Crippen LogP contribution in [0.3, 0.4) is 0 Å². The maximum absolute atomic E-state index is 13.3. The number of benzene rings is 1. The zero-order chi connectivity index (χ0) is 27.0. The van der Waals surface area contributed by atoms with Crippen LogP contribution in [-0.4, -0.2) is 38.6 Å². The highest BCUT2D eigenvalue weighted by Crippen LogP contribution is 2.40. The van der Waals surface area contributed by atoms with E-state index in [2.05, 4.69) is 27.0 Å². The first-order valence-corrected chi connectivity index (χ1v) is 12.7. The quantitative estimate of drug-likeness (QED) is 0.198. The summed E-state index contributed by atoms with van der Waals surface area (Å²) in [6.07, 6.45) is 1.33. The molecular formula is C27H21ClFN7OS. The number of rotatable bonds is 3. The van der Waals surface area contributed by atoms with Crippen molar-refractivity contribution in [2.75, 3.05) is 4.90 Å². The van der Waals surface area contributed by atoms with E-state index < -0.39 is 11.9 Å². The third-order valence-corrected chi connectivity index (χ3v) is 7.27. The molecule has 0 radical (unpaired) electrons. The Morgan fingerprint density at radius 3 is 2.55 bits per heavy atom. The zero-order valence-corrected chi connectivity index (χ0v) is 22.2. The van der Waals surface area contributed by atoms with Gasteiger partial charge in [-0.3, -0.25) is 20.7 Å². The fourth-order valence-corrected chi connectivity index (χ4v) is 5.41. The molecule has 2 N–H and O–H groups in total. The van der Waals surface area contributed by atoms with Crippen molar-refractivity contribution >= 4 is 45.3 Å². The number of aliphatic imine (C=N–C) groups is 1. The fourth-order valence-electron chi connectivity index (χ4n) is 4.05. The third-order valence-electron chi connectivity index (χ3n) is 5.83. The van der Waals surface area contributed by atoms with Gasteiger partial charge in [0.1, 0.15) is 34.2 Å².